The van der Waals surface area contributed by atoms with Gasteiger partial charge in [-0.3, -0.25) is 14.3 Å². The van der Waals surface area contributed by atoms with Gasteiger partial charge in [0.2, 0.25) is 0 Å². The molecule has 2 atom stereocenters. The van der Waals surface area contributed by atoms with Crippen LogP contribution in [0.25, 0.3) is 10.9 Å². The number of nitrogens with one attached hydrogen (secondary N) is 1. The summed E-state index contributed by atoms with van der Waals surface area (Å²) < 4.78 is 22.0. The lowest BCUT2D eigenvalue weighted by Crippen LogP contribution is -2.36. The zero-order valence-corrected chi connectivity index (χ0v) is 15.1. The van der Waals surface area contributed by atoms with Gasteiger partial charge in [0.05, 0.1) is 19.1 Å². The van der Waals surface area contributed by atoms with Gasteiger partial charge in [-0.25, -0.2) is 9.18 Å². The predicted molar refractivity (Wildman–Crippen MR) is 99.0 cm³/mol. The molecule has 1 aromatic carbocycles. The lowest BCUT2D eigenvalue weighted by molar-refractivity contribution is 0.233. The molecular weight excluding hydrogens is 355 g/mol. The van der Waals surface area contributed by atoms with Gasteiger partial charge in [-0.2, -0.15) is 0 Å². The number of aliphatic hydroxyl groups is 1. The maximum absolute atomic E-state index is 15.0. The molecule has 146 valence electrons. The van der Waals surface area contributed by atoms with E-state index in [2.05, 4.69) is 4.98 Å². The van der Waals surface area contributed by atoms with Gasteiger partial charge in [0.15, 0.2) is 11.6 Å². The zero-order chi connectivity index (χ0) is 19.3. The topological polar surface area (TPSA) is 114 Å². The number of H-pyrrole nitrogens is 1. The summed E-state index contributed by atoms with van der Waals surface area (Å²) in [6.45, 7) is 0.887. The molecule has 2 unspecified atom stereocenters. The van der Waals surface area contributed by atoms with Gasteiger partial charge in [-0.1, -0.05) is 0 Å². The molecular formula is C18H23FN4O4. The molecule has 4 N–H and O–H groups in total. The lowest BCUT2D eigenvalue weighted by Gasteiger charge is -2.25. The first-order valence-corrected chi connectivity index (χ1v) is 9.12. The summed E-state index contributed by atoms with van der Waals surface area (Å²) in [5.41, 5.74) is 5.37. The number of aliphatic hydroxyl groups excluding tert-OH is 1. The fourth-order valence-electron chi connectivity index (χ4n) is 4.00. The Hall–Kier alpha value is -2.39. The van der Waals surface area contributed by atoms with E-state index in [9.17, 15) is 14.7 Å². The molecule has 9 heteroatoms. The first-order valence-electron chi connectivity index (χ1n) is 9.12. The number of fused-ring (bicyclic) bond motifs is 1. The molecule has 0 spiro atoms. The lowest BCUT2D eigenvalue weighted by atomic mass is 10.0. The van der Waals surface area contributed by atoms with Crippen LogP contribution in [0.15, 0.2) is 15.7 Å². The van der Waals surface area contributed by atoms with Gasteiger partial charge in [0.1, 0.15) is 11.2 Å². The van der Waals surface area contributed by atoms with Crippen molar-refractivity contribution in [2.75, 3.05) is 31.7 Å². The fourth-order valence-corrected chi connectivity index (χ4v) is 4.00. The average molecular weight is 378 g/mol. The van der Waals surface area contributed by atoms with Crippen molar-refractivity contribution >= 4 is 16.6 Å². The summed E-state index contributed by atoms with van der Waals surface area (Å²) in [5, 5.41) is 9.40. The van der Waals surface area contributed by atoms with Gasteiger partial charge < -0.3 is 20.5 Å². The number of anilines is 1. The molecule has 2 fully saturated rings. The van der Waals surface area contributed by atoms with Gasteiger partial charge >= 0.3 is 5.69 Å². The number of halogens is 1. The highest BCUT2D eigenvalue weighted by atomic mass is 19.1. The number of aromatic amines is 1. The minimum absolute atomic E-state index is 0.0156. The zero-order valence-electron chi connectivity index (χ0n) is 15.1. The molecule has 1 saturated heterocycles. The van der Waals surface area contributed by atoms with E-state index in [4.69, 9.17) is 10.5 Å². The van der Waals surface area contributed by atoms with Crippen molar-refractivity contribution in [2.24, 2.45) is 11.7 Å². The highest BCUT2D eigenvalue weighted by Gasteiger charge is 2.34. The van der Waals surface area contributed by atoms with Crippen LogP contribution in [-0.4, -0.2) is 47.5 Å². The van der Waals surface area contributed by atoms with Crippen molar-refractivity contribution in [3.05, 3.63) is 32.7 Å². The first kappa shape index (κ1) is 18.0. The van der Waals surface area contributed by atoms with Gasteiger partial charge in [-0.05, 0) is 31.2 Å². The Kier molecular flexibility index (Phi) is 4.43. The minimum atomic E-state index is -0.628. The molecule has 1 aromatic heterocycles. The van der Waals surface area contributed by atoms with Crippen LogP contribution >= 0.6 is 0 Å². The maximum Gasteiger partial charge on any atom is 0.329 e. The Morgan fingerprint density at radius 2 is 2.15 bits per heavy atom. The minimum Gasteiger partial charge on any atom is -0.492 e. The Bertz CT molecular complexity index is 997. The van der Waals surface area contributed by atoms with E-state index in [1.807, 2.05) is 4.90 Å². The van der Waals surface area contributed by atoms with E-state index in [0.29, 0.717) is 25.0 Å². The second kappa shape index (κ2) is 6.65. The normalized spacial score (nSPS) is 21.0. The number of nitrogens with two attached hydrogens (primary N) is 1. The Labute approximate surface area is 154 Å². The number of hydrogen-bond acceptors (Lipinski definition) is 6. The van der Waals surface area contributed by atoms with E-state index in [0.717, 1.165) is 12.8 Å². The quantitative estimate of drug-likeness (QED) is 0.691. The van der Waals surface area contributed by atoms with Crippen molar-refractivity contribution in [2.45, 2.75) is 31.3 Å². The van der Waals surface area contributed by atoms with Crippen LogP contribution in [0.3, 0.4) is 0 Å². The third-order valence-electron chi connectivity index (χ3n) is 5.58. The molecule has 4 rings (SSSR count). The van der Waals surface area contributed by atoms with Crippen LogP contribution < -0.4 is 26.6 Å². The summed E-state index contributed by atoms with van der Waals surface area (Å²) in [7, 11) is 1.41. The third-order valence-corrected chi connectivity index (χ3v) is 5.58. The number of rotatable bonds is 5. The molecule has 8 nitrogen and oxygen atoms in total. The van der Waals surface area contributed by atoms with Gasteiger partial charge in [0, 0.05) is 25.2 Å². The van der Waals surface area contributed by atoms with Crippen LogP contribution in [0.1, 0.15) is 25.3 Å². The van der Waals surface area contributed by atoms with Crippen molar-refractivity contribution < 1.29 is 14.2 Å². The van der Waals surface area contributed by atoms with Gasteiger partial charge in [-0.15, -0.1) is 0 Å². The SMILES string of the molecule is COc1c(N2CCC(C(N)CO)C2)c(F)cc2c(=O)[nH]c(=O)n(C3CC3)c12. The Morgan fingerprint density at radius 3 is 2.78 bits per heavy atom. The van der Waals surface area contributed by atoms with Crippen molar-refractivity contribution in [1.82, 2.24) is 9.55 Å². The van der Waals surface area contributed by atoms with Crippen LogP contribution in [0.4, 0.5) is 10.1 Å². The largest absolute Gasteiger partial charge is 0.492 e. The number of hydrogen-bond donors (Lipinski definition) is 3. The Balaban J connectivity index is 1.92. The summed E-state index contributed by atoms with van der Waals surface area (Å²) >= 11 is 0. The molecule has 1 saturated carbocycles. The second-order valence-electron chi connectivity index (χ2n) is 7.34. The molecule has 0 radical (unpaired) electrons. The van der Waals surface area contributed by atoms with Crippen molar-refractivity contribution in [1.29, 1.82) is 0 Å². The number of benzene rings is 1. The van der Waals surface area contributed by atoms with E-state index in [1.54, 1.807) is 0 Å². The predicted octanol–water partition coefficient (Wildman–Crippen LogP) is 0.318. The molecule has 0 bridgehead atoms. The average Bonchev–Trinajstić information content (AvgIpc) is 3.36. The van der Waals surface area contributed by atoms with Crippen molar-refractivity contribution in [3.8, 4) is 5.75 Å². The second-order valence-corrected chi connectivity index (χ2v) is 7.34. The molecule has 2 heterocycles. The van der Waals surface area contributed by atoms with Crippen LogP contribution in [-0.2, 0) is 0 Å². The molecule has 2 aliphatic rings. The molecule has 0 amide bonds. The van der Waals surface area contributed by atoms with Crippen LogP contribution in [0.5, 0.6) is 5.75 Å². The first-order chi connectivity index (χ1) is 13.0. The summed E-state index contributed by atoms with van der Waals surface area (Å²) in [5.74, 6) is -0.359. The van der Waals surface area contributed by atoms with Gasteiger partial charge in [0.25, 0.3) is 5.56 Å². The molecule has 27 heavy (non-hydrogen) atoms. The summed E-state index contributed by atoms with van der Waals surface area (Å²) in [4.78, 5) is 28.8. The highest BCUT2D eigenvalue weighted by molar-refractivity contribution is 5.91. The molecule has 2 aromatic rings. The van der Waals surface area contributed by atoms with Crippen molar-refractivity contribution in [3.63, 3.8) is 0 Å². The fraction of sp³-hybridized carbons (Fsp3) is 0.556. The molecule has 1 aliphatic heterocycles. The number of methoxy groups -OCH3 is 1. The number of nitrogens with zero attached hydrogens (tertiary/aromatic N) is 2. The van der Waals surface area contributed by atoms with Crippen LogP contribution in [0, 0.1) is 11.7 Å². The number of aromatic nitrogens is 2. The third kappa shape index (κ3) is 2.90. The smallest absolute Gasteiger partial charge is 0.329 e. The maximum atomic E-state index is 15.0. The van der Waals surface area contributed by atoms with E-state index in [1.165, 1.54) is 17.7 Å². The van der Waals surface area contributed by atoms with E-state index in [-0.39, 0.29) is 41.4 Å². The monoisotopic (exact) mass is 378 g/mol. The standard InChI is InChI=1S/C18H23FN4O4/c1-27-16-14-11(17(25)21-18(26)23(14)10-2-3-10)6-12(19)15(16)22-5-4-9(7-22)13(20)8-24/h6,9-10,13,24H,2-5,7-8,20H2,1H3,(H,21,25,26). The number of ether oxygens (including phenoxy) is 1. The Morgan fingerprint density at radius 1 is 1.41 bits per heavy atom. The van der Waals surface area contributed by atoms with E-state index >= 15 is 4.39 Å². The summed E-state index contributed by atoms with van der Waals surface area (Å²) in [6.07, 6.45) is 2.37. The molecule has 1 aliphatic carbocycles. The van der Waals surface area contributed by atoms with E-state index < -0.39 is 17.1 Å². The highest BCUT2D eigenvalue weighted by Crippen LogP contribution is 2.43. The van der Waals surface area contributed by atoms with Crippen LogP contribution in [0.2, 0.25) is 0 Å². The summed E-state index contributed by atoms with van der Waals surface area (Å²) in [6, 6.07) is 0.777.